The molecule has 92 valence electrons. The molecular weight excluding hydrogens is 267 g/mol. The topological polar surface area (TPSA) is 70.0 Å². The standard InChI is InChI=1S/C10H10ClFN2O2S/c1-10(2,6-13)14-17(15,16)9-4-3-7(11)5-8(9)12/h3-5,14H,1-2H3. The van der Waals surface area contributed by atoms with Gasteiger partial charge in [-0.25, -0.2) is 12.8 Å². The fraction of sp³-hybridized carbons (Fsp3) is 0.300. The molecule has 0 aromatic heterocycles. The van der Waals surface area contributed by atoms with Gasteiger partial charge in [0.05, 0.1) is 6.07 Å². The van der Waals surface area contributed by atoms with Crippen LogP contribution in [0.25, 0.3) is 0 Å². The molecule has 0 atom stereocenters. The minimum absolute atomic E-state index is 0.0981. The van der Waals surface area contributed by atoms with Gasteiger partial charge in [-0.05, 0) is 32.0 Å². The van der Waals surface area contributed by atoms with Gasteiger partial charge >= 0.3 is 0 Å². The molecule has 1 rings (SSSR count). The van der Waals surface area contributed by atoms with E-state index in [-0.39, 0.29) is 5.02 Å². The normalized spacial score (nSPS) is 12.2. The van der Waals surface area contributed by atoms with Crippen molar-refractivity contribution in [3.8, 4) is 6.07 Å². The van der Waals surface area contributed by atoms with Crippen LogP contribution in [0.2, 0.25) is 5.02 Å². The molecule has 0 heterocycles. The van der Waals surface area contributed by atoms with Gasteiger partial charge in [-0.1, -0.05) is 11.6 Å². The Morgan fingerprint density at radius 2 is 2.06 bits per heavy atom. The fourth-order valence-corrected chi connectivity index (χ4v) is 2.66. The molecule has 0 saturated carbocycles. The molecule has 1 aromatic rings. The Morgan fingerprint density at radius 1 is 1.47 bits per heavy atom. The highest BCUT2D eigenvalue weighted by atomic mass is 35.5. The third kappa shape index (κ3) is 3.40. The predicted octanol–water partition coefficient (Wildman–Crippen LogP) is 2.06. The smallest absolute Gasteiger partial charge is 0.207 e. The van der Waals surface area contributed by atoms with Gasteiger partial charge in [-0.2, -0.15) is 9.98 Å². The summed E-state index contributed by atoms with van der Waals surface area (Å²) >= 11 is 5.52. The van der Waals surface area contributed by atoms with Crippen molar-refractivity contribution in [2.75, 3.05) is 0 Å². The van der Waals surface area contributed by atoms with E-state index in [0.29, 0.717) is 0 Å². The number of rotatable bonds is 3. The molecule has 4 nitrogen and oxygen atoms in total. The predicted molar refractivity (Wildman–Crippen MR) is 61.4 cm³/mol. The molecule has 0 amide bonds. The third-order valence-corrected chi connectivity index (χ3v) is 3.78. The number of halogens is 2. The molecule has 0 aliphatic rings. The maximum absolute atomic E-state index is 13.4. The lowest BCUT2D eigenvalue weighted by Crippen LogP contribution is -2.42. The van der Waals surface area contributed by atoms with Crippen LogP contribution in [0.15, 0.2) is 23.1 Å². The quantitative estimate of drug-likeness (QED) is 0.919. The number of hydrogen-bond acceptors (Lipinski definition) is 3. The van der Waals surface area contributed by atoms with Gasteiger partial charge in [0.25, 0.3) is 0 Å². The van der Waals surface area contributed by atoms with E-state index in [9.17, 15) is 12.8 Å². The minimum atomic E-state index is -4.08. The molecule has 0 aliphatic heterocycles. The van der Waals surface area contributed by atoms with Gasteiger partial charge in [0.1, 0.15) is 16.3 Å². The molecule has 0 fully saturated rings. The van der Waals surface area contributed by atoms with Gasteiger partial charge < -0.3 is 0 Å². The lowest BCUT2D eigenvalue weighted by atomic mass is 10.1. The Kier molecular flexibility index (Phi) is 3.77. The van der Waals surface area contributed by atoms with E-state index < -0.39 is 26.3 Å². The van der Waals surface area contributed by atoms with Crippen LogP contribution in [0.3, 0.4) is 0 Å². The zero-order valence-electron chi connectivity index (χ0n) is 9.16. The maximum Gasteiger partial charge on any atom is 0.244 e. The zero-order valence-corrected chi connectivity index (χ0v) is 10.7. The van der Waals surface area contributed by atoms with E-state index in [2.05, 4.69) is 4.72 Å². The number of nitrogens with zero attached hydrogens (tertiary/aromatic N) is 1. The van der Waals surface area contributed by atoms with Gasteiger partial charge in [0.2, 0.25) is 10.0 Å². The van der Waals surface area contributed by atoms with Crippen molar-refractivity contribution >= 4 is 21.6 Å². The first-order valence-corrected chi connectivity index (χ1v) is 6.44. The van der Waals surface area contributed by atoms with Crippen LogP contribution in [0.5, 0.6) is 0 Å². The molecule has 0 bridgehead atoms. The summed E-state index contributed by atoms with van der Waals surface area (Å²) in [6, 6.07) is 4.97. The summed E-state index contributed by atoms with van der Waals surface area (Å²) in [5, 5.41) is 8.82. The van der Waals surface area contributed by atoms with Crippen LogP contribution < -0.4 is 4.72 Å². The van der Waals surface area contributed by atoms with Crippen LogP contribution in [0, 0.1) is 17.1 Å². The van der Waals surface area contributed by atoms with Crippen molar-refractivity contribution < 1.29 is 12.8 Å². The second-order valence-corrected chi connectivity index (χ2v) is 6.00. The maximum atomic E-state index is 13.4. The summed E-state index contributed by atoms with van der Waals surface area (Å²) in [5.41, 5.74) is -1.31. The van der Waals surface area contributed by atoms with Crippen molar-refractivity contribution in [1.82, 2.24) is 4.72 Å². The minimum Gasteiger partial charge on any atom is -0.207 e. The van der Waals surface area contributed by atoms with Gasteiger partial charge in [-0.15, -0.1) is 0 Å². The van der Waals surface area contributed by atoms with E-state index in [0.717, 1.165) is 12.1 Å². The van der Waals surface area contributed by atoms with E-state index >= 15 is 0 Å². The number of nitrogens with one attached hydrogen (secondary N) is 1. The van der Waals surface area contributed by atoms with E-state index in [4.69, 9.17) is 16.9 Å². The Bertz CT molecular complexity index is 578. The van der Waals surface area contributed by atoms with Crippen LogP contribution in [-0.2, 0) is 10.0 Å². The molecule has 1 N–H and O–H groups in total. The van der Waals surface area contributed by atoms with Crippen LogP contribution >= 0.6 is 11.6 Å². The highest BCUT2D eigenvalue weighted by molar-refractivity contribution is 7.89. The Hall–Kier alpha value is -1.16. The first-order chi connectivity index (χ1) is 7.68. The SMILES string of the molecule is CC(C)(C#N)NS(=O)(=O)c1ccc(Cl)cc1F. The summed E-state index contributed by atoms with van der Waals surface area (Å²) in [7, 11) is -4.08. The second kappa shape index (κ2) is 4.61. The van der Waals surface area contributed by atoms with Crippen molar-refractivity contribution in [1.29, 1.82) is 5.26 Å². The summed E-state index contributed by atoms with van der Waals surface area (Å²) in [4.78, 5) is -0.537. The molecule has 17 heavy (non-hydrogen) atoms. The summed E-state index contributed by atoms with van der Waals surface area (Å²) in [6.45, 7) is 2.75. The first-order valence-electron chi connectivity index (χ1n) is 4.58. The highest BCUT2D eigenvalue weighted by Gasteiger charge is 2.27. The van der Waals surface area contributed by atoms with Crippen molar-refractivity contribution in [3.63, 3.8) is 0 Å². The van der Waals surface area contributed by atoms with Gasteiger partial charge in [0.15, 0.2) is 0 Å². The Labute approximate surface area is 104 Å². The lowest BCUT2D eigenvalue weighted by Gasteiger charge is -2.17. The molecule has 1 aromatic carbocycles. The van der Waals surface area contributed by atoms with E-state index in [1.54, 1.807) is 6.07 Å². The lowest BCUT2D eigenvalue weighted by molar-refractivity contribution is 0.524. The molecule has 0 spiro atoms. The van der Waals surface area contributed by atoms with Crippen LogP contribution in [0.1, 0.15) is 13.8 Å². The molecule has 0 unspecified atom stereocenters. The number of nitriles is 1. The van der Waals surface area contributed by atoms with E-state index in [1.165, 1.54) is 19.9 Å². The van der Waals surface area contributed by atoms with Crippen LogP contribution in [-0.4, -0.2) is 14.0 Å². The van der Waals surface area contributed by atoms with Crippen molar-refractivity contribution in [3.05, 3.63) is 29.0 Å². The van der Waals surface area contributed by atoms with E-state index in [1.807, 2.05) is 0 Å². The summed E-state index contributed by atoms with van der Waals surface area (Å²) in [6.07, 6.45) is 0. The third-order valence-electron chi connectivity index (χ3n) is 1.85. The average Bonchev–Trinajstić information content (AvgIpc) is 2.15. The number of hydrogen-bond donors (Lipinski definition) is 1. The monoisotopic (exact) mass is 276 g/mol. The average molecular weight is 277 g/mol. The Balaban J connectivity index is 3.20. The number of sulfonamides is 1. The number of benzene rings is 1. The first kappa shape index (κ1) is 13.9. The summed E-state index contributed by atoms with van der Waals surface area (Å²) in [5.74, 6) is -0.960. The van der Waals surface area contributed by atoms with Crippen molar-refractivity contribution in [2.24, 2.45) is 0 Å². The molecule has 7 heteroatoms. The fourth-order valence-electron chi connectivity index (χ4n) is 1.11. The molecule has 0 aliphatic carbocycles. The zero-order chi connectivity index (χ0) is 13.3. The molecule has 0 saturated heterocycles. The van der Waals surface area contributed by atoms with Gasteiger partial charge in [0, 0.05) is 5.02 Å². The largest absolute Gasteiger partial charge is 0.244 e. The highest BCUT2D eigenvalue weighted by Crippen LogP contribution is 2.20. The Morgan fingerprint density at radius 3 is 2.53 bits per heavy atom. The molecular formula is C10H10ClFN2O2S. The van der Waals surface area contributed by atoms with Gasteiger partial charge in [-0.3, -0.25) is 0 Å². The second-order valence-electron chi connectivity index (χ2n) is 3.92. The molecule has 0 radical (unpaired) electrons. The summed E-state index contributed by atoms with van der Waals surface area (Å²) < 4.78 is 39.1. The van der Waals surface area contributed by atoms with Crippen LogP contribution in [0.4, 0.5) is 4.39 Å². The van der Waals surface area contributed by atoms with Crippen molar-refractivity contribution in [2.45, 2.75) is 24.3 Å².